The van der Waals surface area contributed by atoms with E-state index >= 15 is 0 Å². The van der Waals surface area contributed by atoms with Crippen LogP contribution in [0.5, 0.6) is 0 Å². The minimum absolute atomic E-state index is 0.00398. The third kappa shape index (κ3) is 5.56. The van der Waals surface area contributed by atoms with Crippen LogP contribution in [0.2, 0.25) is 0 Å². The van der Waals surface area contributed by atoms with Gasteiger partial charge in [0.2, 0.25) is 5.91 Å². The van der Waals surface area contributed by atoms with Crippen molar-refractivity contribution in [2.75, 3.05) is 6.54 Å². The first-order valence-electron chi connectivity index (χ1n) is 5.08. The molecule has 0 aliphatic rings. The molecule has 0 spiro atoms. The molecule has 2 unspecified atom stereocenters. The highest BCUT2D eigenvalue weighted by Crippen LogP contribution is 2.14. The molecule has 0 aliphatic heterocycles. The maximum absolute atomic E-state index is 11.4. The second kappa shape index (κ2) is 6.40. The van der Waals surface area contributed by atoms with Crippen molar-refractivity contribution in [3.63, 3.8) is 0 Å². The minimum Gasteiger partial charge on any atom is -0.386 e. The summed E-state index contributed by atoms with van der Waals surface area (Å²) in [7, 11) is 0. The van der Waals surface area contributed by atoms with E-state index in [4.69, 9.17) is 11.1 Å². The number of hydrogen-bond donors (Lipinski definition) is 3. The first kappa shape index (κ1) is 12.9. The summed E-state index contributed by atoms with van der Waals surface area (Å²) in [6.07, 6.45) is 1.98. The fraction of sp³-hybridized carbons (Fsp3) is 0.800. The molecule has 4 N–H and O–H groups in total. The molecule has 0 saturated heterocycles. The third-order valence-corrected chi connectivity index (χ3v) is 2.35. The summed E-state index contributed by atoms with van der Waals surface area (Å²) in [4.78, 5) is 11.4. The van der Waals surface area contributed by atoms with Crippen LogP contribution in [0.15, 0.2) is 0 Å². The third-order valence-electron chi connectivity index (χ3n) is 2.35. The lowest BCUT2D eigenvalue weighted by Gasteiger charge is -2.15. The fourth-order valence-corrected chi connectivity index (χ4v) is 1.23. The van der Waals surface area contributed by atoms with Gasteiger partial charge in [0.1, 0.15) is 5.84 Å². The molecule has 0 aromatic carbocycles. The Labute approximate surface area is 85.8 Å². The summed E-state index contributed by atoms with van der Waals surface area (Å²) in [6, 6.07) is 0. The van der Waals surface area contributed by atoms with Gasteiger partial charge in [0, 0.05) is 5.92 Å². The van der Waals surface area contributed by atoms with Crippen LogP contribution in [0.4, 0.5) is 0 Å². The summed E-state index contributed by atoms with van der Waals surface area (Å²) >= 11 is 0. The number of carbonyl (C=O) groups excluding carboxylic acids is 1. The van der Waals surface area contributed by atoms with Gasteiger partial charge in [-0.25, -0.2) is 0 Å². The number of hydrogen-bond acceptors (Lipinski definition) is 2. The number of rotatable bonds is 6. The topological polar surface area (TPSA) is 79.0 Å². The average Bonchev–Trinajstić information content (AvgIpc) is 2.13. The molecule has 0 bridgehead atoms. The molecule has 0 radical (unpaired) electrons. The number of nitrogens with one attached hydrogen (secondary N) is 2. The molecule has 82 valence electrons. The monoisotopic (exact) mass is 199 g/mol. The van der Waals surface area contributed by atoms with Crippen molar-refractivity contribution in [3.05, 3.63) is 0 Å². The summed E-state index contributed by atoms with van der Waals surface area (Å²) in [5.41, 5.74) is 5.14. The zero-order chi connectivity index (χ0) is 11.1. The Balaban J connectivity index is 3.81. The molecule has 4 heteroatoms. The van der Waals surface area contributed by atoms with E-state index in [-0.39, 0.29) is 24.2 Å². The molecule has 0 saturated carbocycles. The highest BCUT2D eigenvalue weighted by Gasteiger charge is 2.14. The zero-order valence-electron chi connectivity index (χ0n) is 9.26. The fourth-order valence-electron chi connectivity index (χ4n) is 1.23. The highest BCUT2D eigenvalue weighted by atomic mass is 16.1. The van der Waals surface area contributed by atoms with Crippen LogP contribution < -0.4 is 11.1 Å². The van der Waals surface area contributed by atoms with E-state index in [1.54, 1.807) is 0 Å². The molecular formula is C10H21N3O. The Bertz CT molecular complexity index is 204. The van der Waals surface area contributed by atoms with Gasteiger partial charge in [-0.3, -0.25) is 10.2 Å². The highest BCUT2D eigenvalue weighted by molar-refractivity contribution is 5.86. The Hall–Kier alpha value is -1.06. The van der Waals surface area contributed by atoms with E-state index in [2.05, 4.69) is 19.2 Å². The number of amides is 1. The largest absolute Gasteiger partial charge is 0.386 e. The Kier molecular flexibility index (Phi) is 5.92. The normalized spacial score (nSPS) is 14.5. The number of nitrogens with two attached hydrogens (primary N) is 1. The van der Waals surface area contributed by atoms with Crippen molar-refractivity contribution in [2.24, 2.45) is 17.6 Å². The van der Waals surface area contributed by atoms with Gasteiger partial charge in [0.15, 0.2) is 0 Å². The summed E-state index contributed by atoms with van der Waals surface area (Å²) in [5.74, 6) is 0.548. The lowest BCUT2D eigenvalue weighted by molar-refractivity contribution is -0.124. The van der Waals surface area contributed by atoms with Gasteiger partial charge in [-0.2, -0.15) is 0 Å². The Morgan fingerprint density at radius 3 is 2.50 bits per heavy atom. The van der Waals surface area contributed by atoms with E-state index in [0.29, 0.717) is 5.92 Å². The van der Waals surface area contributed by atoms with Gasteiger partial charge in [0.25, 0.3) is 0 Å². The van der Waals surface area contributed by atoms with Crippen molar-refractivity contribution in [1.82, 2.24) is 5.32 Å². The standard InChI is InChI=1S/C10H21N3O/c1-4-7(2)5-8(3)10(14)13-6-9(11)12/h7-8H,4-6H2,1-3H3,(H3,11,12)(H,13,14). The summed E-state index contributed by atoms with van der Waals surface area (Å²) < 4.78 is 0. The number of amidine groups is 1. The Morgan fingerprint density at radius 1 is 1.50 bits per heavy atom. The van der Waals surface area contributed by atoms with E-state index in [9.17, 15) is 4.79 Å². The van der Waals surface area contributed by atoms with Gasteiger partial charge in [-0.1, -0.05) is 27.2 Å². The molecule has 0 rings (SSSR count). The van der Waals surface area contributed by atoms with Crippen molar-refractivity contribution < 1.29 is 4.79 Å². The quantitative estimate of drug-likeness (QED) is 0.442. The average molecular weight is 199 g/mol. The summed E-state index contributed by atoms with van der Waals surface area (Å²) in [6.45, 7) is 6.31. The van der Waals surface area contributed by atoms with E-state index < -0.39 is 0 Å². The van der Waals surface area contributed by atoms with Crippen LogP contribution >= 0.6 is 0 Å². The van der Waals surface area contributed by atoms with Crippen LogP contribution in [-0.2, 0) is 4.79 Å². The zero-order valence-corrected chi connectivity index (χ0v) is 9.26. The molecule has 0 fully saturated rings. The second-order valence-corrected chi connectivity index (χ2v) is 3.89. The van der Waals surface area contributed by atoms with Crippen LogP contribution in [-0.4, -0.2) is 18.3 Å². The lowest BCUT2D eigenvalue weighted by Crippen LogP contribution is -2.36. The smallest absolute Gasteiger partial charge is 0.223 e. The molecule has 14 heavy (non-hydrogen) atoms. The maximum atomic E-state index is 11.4. The molecule has 0 aliphatic carbocycles. The molecule has 0 aromatic rings. The molecule has 0 aromatic heterocycles. The van der Waals surface area contributed by atoms with Crippen molar-refractivity contribution in [3.8, 4) is 0 Å². The summed E-state index contributed by atoms with van der Waals surface area (Å²) in [5, 5.41) is 9.59. The van der Waals surface area contributed by atoms with Crippen LogP contribution in [0.25, 0.3) is 0 Å². The van der Waals surface area contributed by atoms with Gasteiger partial charge < -0.3 is 11.1 Å². The van der Waals surface area contributed by atoms with Crippen molar-refractivity contribution >= 4 is 11.7 Å². The maximum Gasteiger partial charge on any atom is 0.223 e. The van der Waals surface area contributed by atoms with Gasteiger partial charge >= 0.3 is 0 Å². The molecule has 1 amide bonds. The predicted molar refractivity (Wildman–Crippen MR) is 58.2 cm³/mol. The number of carbonyl (C=O) groups is 1. The van der Waals surface area contributed by atoms with Crippen LogP contribution in [0.3, 0.4) is 0 Å². The van der Waals surface area contributed by atoms with Crippen LogP contribution in [0.1, 0.15) is 33.6 Å². The predicted octanol–water partition coefficient (Wildman–Crippen LogP) is 1.11. The molecule has 4 nitrogen and oxygen atoms in total. The van der Waals surface area contributed by atoms with Gasteiger partial charge in [-0.15, -0.1) is 0 Å². The van der Waals surface area contributed by atoms with E-state index in [1.807, 2.05) is 6.92 Å². The minimum atomic E-state index is -0.0134. The van der Waals surface area contributed by atoms with Gasteiger partial charge in [-0.05, 0) is 12.3 Å². The first-order chi connectivity index (χ1) is 6.47. The molecule has 0 heterocycles. The van der Waals surface area contributed by atoms with Crippen molar-refractivity contribution in [2.45, 2.75) is 33.6 Å². The molecular weight excluding hydrogens is 178 g/mol. The SMILES string of the molecule is CCC(C)CC(C)C(=O)NCC(=N)N. The first-order valence-corrected chi connectivity index (χ1v) is 5.08. The van der Waals surface area contributed by atoms with Crippen molar-refractivity contribution in [1.29, 1.82) is 5.41 Å². The lowest BCUT2D eigenvalue weighted by atomic mass is 9.95. The Morgan fingerprint density at radius 2 is 2.07 bits per heavy atom. The van der Waals surface area contributed by atoms with Crippen LogP contribution in [0, 0.1) is 17.2 Å². The molecule has 2 atom stereocenters. The van der Waals surface area contributed by atoms with E-state index in [1.165, 1.54) is 0 Å². The van der Waals surface area contributed by atoms with E-state index in [0.717, 1.165) is 12.8 Å². The van der Waals surface area contributed by atoms with Gasteiger partial charge in [0.05, 0.1) is 6.54 Å². The second-order valence-electron chi connectivity index (χ2n) is 3.89.